The minimum atomic E-state index is -0.374. The van der Waals surface area contributed by atoms with Gasteiger partial charge in [-0.05, 0) is 19.1 Å². The number of halogens is 2. The molecule has 1 aromatic heterocycles. The first kappa shape index (κ1) is 13.7. The van der Waals surface area contributed by atoms with Crippen LogP contribution in [0.3, 0.4) is 0 Å². The van der Waals surface area contributed by atoms with Crippen molar-refractivity contribution in [2.45, 2.75) is 19.5 Å². The topological polar surface area (TPSA) is 46.9 Å². The lowest BCUT2D eigenvalue weighted by atomic mass is 10.2. The Bertz CT molecular complexity index is 571. The van der Waals surface area contributed by atoms with Crippen LogP contribution in [-0.2, 0) is 11.3 Å². The molecule has 0 saturated heterocycles. The van der Waals surface area contributed by atoms with Gasteiger partial charge in [0.15, 0.2) is 0 Å². The molecule has 1 heterocycles. The van der Waals surface area contributed by atoms with Crippen molar-refractivity contribution in [2.75, 3.05) is 0 Å². The van der Waals surface area contributed by atoms with Gasteiger partial charge >= 0.3 is 0 Å². The summed E-state index contributed by atoms with van der Waals surface area (Å²) >= 11 is 3.19. The molecule has 6 heteroatoms. The number of carbonyl (C=O) groups excluding carboxylic acids is 1. The molecule has 0 spiro atoms. The molecule has 1 atom stereocenters. The lowest BCUT2D eigenvalue weighted by Crippen LogP contribution is -2.30. The standard InChI is InChI=1S/C13H13BrFN3O/c1-9(18-5-4-16-8-18)13(19)17-7-10-2-3-11(14)6-12(10)15/h2-6,8-9H,7H2,1H3,(H,17,19)/t9-/m1/s1. The molecule has 1 amide bonds. The van der Waals surface area contributed by atoms with E-state index in [0.717, 1.165) is 0 Å². The van der Waals surface area contributed by atoms with Crippen molar-refractivity contribution in [1.82, 2.24) is 14.9 Å². The van der Waals surface area contributed by atoms with Crippen molar-refractivity contribution in [2.24, 2.45) is 0 Å². The Labute approximate surface area is 118 Å². The van der Waals surface area contributed by atoms with Gasteiger partial charge < -0.3 is 9.88 Å². The van der Waals surface area contributed by atoms with Crippen LogP contribution in [0.1, 0.15) is 18.5 Å². The zero-order chi connectivity index (χ0) is 13.8. The van der Waals surface area contributed by atoms with E-state index in [1.54, 1.807) is 42.3 Å². The maximum absolute atomic E-state index is 13.6. The van der Waals surface area contributed by atoms with E-state index in [1.807, 2.05) is 0 Å². The van der Waals surface area contributed by atoms with Gasteiger partial charge in [-0.3, -0.25) is 4.79 Å². The lowest BCUT2D eigenvalue weighted by Gasteiger charge is -2.13. The number of hydrogen-bond donors (Lipinski definition) is 1. The first-order valence-corrected chi connectivity index (χ1v) is 6.56. The zero-order valence-corrected chi connectivity index (χ0v) is 11.9. The van der Waals surface area contributed by atoms with Crippen LogP contribution in [0.5, 0.6) is 0 Å². The predicted molar refractivity (Wildman–Crippen MR) is 72.9 cm³/mol. The molecule has 0 fully saturated rings. The van der Waals surface area contributed by atoms with E-state index in [0.29, 0.717) is 10.0 Å². The van der Waals surface area contributed by atoms with Crippen LogP contribution >= 0.6 is 15.9 Å². The SMILES string of the molecule is C[C@H](C(=O)NCc1ccc(Br)cc1F)n1ccnc1. The predicted octanol–water partition coefficient (Wildman–Crippen LogP) is 2.66. The third kappa shape index (κ3) is 3.41. The molecular formula is C13H13BrFN3O. The van der Waals surface area contributed by atoms with Gasteiger partial charge in [-0.15, -0.1) is 0 Å². The van der Waals surface area contributed by atoms with Gasteiger partial charge in [-0.1, -0.05) is 22.0 Å². The molecule has 0 unspecified atom stereocenters. The second-order valence-corrected chi connectivity index (χ2v) is 5.06. The number of rotatable bonds is 4. The van der Waals surface area contributed by atoms with E-state index in [9.17, 15) is 9.18 Å². The van der Waals surface area contributed by atoms with Crippen LogP contribution in [0.2, 0.25) is 0 Å². The maximum atomic E-state index is 13.6. The van der Waals surface area contributed by atoms with Crippen molar-refractivity contribution >= 4 is 21.8 Å². The van der Waals surface area contributed by atoms with Gasteiger partial charge in [0, 0.05) is 29.0 Å². The molecule has 0 radical (unpaired) electrons. The highest BCUT2D eigenvalue weighted by Gasteiger charge is 2.14. The van der Waals surface area contributed by atoms with E-state index < -0.39 is 0 Å². The number of carbonyl (C=O) groups is 1. The second-order valence-electron chi connectivity index (χ2n) is 4.14. The first-order valence-electron chi connectivity index (χ1n) is 5.77. The van der Waals surface area contributed by atoms with Crippen LogP contribution in [0, 0.1) is 5.82 Å². The summed E-state index contributed by atoms with van der Waals surface area (Å²) in [5, 5.41) is 2.70. The van der Waals surface area contributed by atoms with E-state index in [2.05, 4.69) is 26.2 Å². The molecule has 2 aromatic rings. The van der Waals surface area contributed by atoms with Gasteiger partial charge in [0.05, 0.1) is 6.33 Å². The summed E-state index contributed by atoms with van der Waals surface area (Å²) in [4.78, 5) is 15.8. The fraction of sp³-hybridized carbons (Fsp3) is 0.231. The molecular weight excluding hydrogens is 313 g/mol. The zero-order valence-electron chi connectivity index (χ0n) is 10.3. The number of benzene rings is 1. The summed E-state index contributed by atoms with van der Waals surface area (Å²) in [7, 11) is 0. The normalized spacial score (nSPS) is 12.2. The monoisotopic (exact) mass is 325 g/mol. The molecule has 1 aromatic carbocycles. The smallest absolute Gasteiger partial charge is 0.243 e. The van der Waals surface area contributed by atoms with E-state index in [-0.39, 0.29) is 24.3 Å². The molecule has 0 aliphatic heterocycles. The molecule has 0 bridgehead atoms. The van der Waals surface area contributed by atoms with Crippen molar-refractivity contribution in [3.8, 4) is 0 Å². The quantitative estimate of drug-likeness (QED) is 0.939. The average molecular weight is 326 g/mol. The molecule has 2 rings (SSSR count). The average Bonchev–Trinajstić information content (AvgIpc) is 2.90. The van der Waals surface area contributed by atoms with Gasteiger partial charge in [0.25, 0.3) is 0 Å². The summed E-state index contributed by atoms with van der Waals surface area (Å²) in [5.74, 6) is -0.523. The number of nitrogens with zero attached hydrogens (tertiary/aromatic N) is 2. The highest BCUT2D eigenvalue weighted by molar-refractivity contribution is 9.10. The van der Waals surface area contributed by atoms with Crippen molar-refractivity contribution in [1.29, 1.82) is 0 Å². The Morgan fingerprint density at radius 2 is 2.37 bits per heavy atom. The Kier molecular flexibility index (Phi) is 4.31. The van der Waals surface area contributed by atoms with E-state index >= 15 is 0 Å². The summed E-state index contributed by atoms with van der Waals surface area (Å²) in [6.07, 6.45) is 4.90. The minimum Gasteiger partial charge on any atom is -0.350 e. The number of nitrogens with one attached hydrogen (secondary N) is 1. The van der Waals surface area contributed by atoms with Crippen molar-refractivity contribution in [3.63, 3.8) is 0 Å². The molecule has 19 heavy (non-hydrogen) atoms. The van der Waals surface area contributed by atoms with Crippen molar-refractivity contribution in [3.05, 3.63) is 52.8 Å². The fourth-order valence-electron chi connectivity index (χ4n) is 1.63. The van der Waals surface area contributed by atoms with Crippen LogP contribution in [0.25, 0.3) is 0 Å². The summed E-state index contributed by atoms with van der Waals surface area (Å²) < 4.78 is 15.9. The Morgan fingerprint density at radius 1 is 1.58 bits per heavy atom. The highest BCUT2D eigenvalue weighted by Crippen LogP contribution is 2.15. The van der Waals surface area contributed by atoms with Crippen LogP contribution in [0.15, 0.2) is 41.4 Å². The Hall–Kier alpha value is -1.69. The van der Waals surface area contributed by atoms with Gasteiger partial charge in [0.1, 0.15) is 11.9 Å². The van der Waals surface area contributed by atoms with E-state index in [1.165, 1.54) is 6.07 Å². The molecule has 1 N–H and O–H groups in total. The van der Waals surface area contributed by atoms with Gasteiger partial charge in [-0.2, -0.15) is 0 Å². The molecule has 0 aliphatic rings. The van der Waals surface area contributed by atoms with Gasteiger partial charge in [0.2, 0.25) is 5.91 Å². The number of imidazole rings is 1. The number of hydrogen-bond acceptors (Lipinski definition) is 2. The molecule has 0 saturated carbocycles. The molecule has 4 nitrogen and oxygen atoms in total. The lowest BCUT2D eigenvalue weighted by molar-refractivity contribution is -0.124. The number of amides is 1. The van der Waals surface area contributed by atoms with Crippen molar-refractivity contribution < 1.29 is 9.18 Å². The largest absolute Gasteiger partial charge is 0.350 e. The fourth-order valence-corrected chi connectivity index (χ4v) is 1.96. The third-order valence-electron chi connectivity index (χ3n) is 2.82. The molecule has 100 valence electrons. The maximum Gasteiger partial charge on any atom is 0.243 e. The number of aromatic nitrogens is 2. The highest BCUT2D eigenvalue weighted by atomic mass is 79.9. The minimum absolute atomic E-state index is 0.164. The molecule has 0 aliphatic carbocycles. The van der Waals surface area contributed by atoms with Gasteiger partial charge in [-0.25, -0.2) is 9.37 Å². The van der Waals surface area contributed by atoms with Crippen LogP contribution in [0.4, 0.5) is 4.39 Å². The summed E-state index contributed by atoms with van der Waals surface area (Å²) in [6, 6.07) is 4.38. The Balaban J connectivity index is 1.97. The summed E-state index contributed by atoms with van der Waals surface area (Å²) in [5.41, 5.74) is 0.453. The van der Waals surface area contributed by atoms with Crippen LogP contribution < -0.4 is 5.32 Å². The summed E-state index contributed by atoms with van der Waals surface area (Å²) in [6.45, 7) is 1.92. The second kappa shape index (κ2) is 5.97. The van der Waals surface area contributed by atoms with E-state index in [4.69, 9.17) is 0 Å². The van der Waals surface area contributed by atoms with Crippen LogP contribution in [-0.4, -0.2) is 15.5 Å². The third-order valence-corrected chi connectivity index (χ3v) is 3.31. The first-order chi connectivity index (χ1) is 9.08. The Morgan fingerprint density at radius 3 is 3.00 bits per heavy atom.